The van der Waals surface area contributed by atoms with Crippen LogP contribution in [0.1, 0.15) is 37.9 Å². The van der Waals surface area contributed by atoms with Crippen molar-refractivity contribution in [3.8, 4) is 0 Å². The second kappa shape index (κ2) is 6.48. The van der Waals surface area contributed by atoms with Gasteiger partial charge in [0.15, 0.2) is 3.77 Å². The van der Waals surface area contributed by atoms with Crippen LogP contribution in [-0.2, 0) is 6.54 Å². The summed E-state index contributed by atoms with van der Waals surface area (Å²) >= 11 is 4.25. The molecule has 1 heterocycles. The first kappa shape index (κ1) is 13.7. The zero-order valence-corrected chi connectivity index (χ0v) is 13.3. The number of halogens is 1. The minimum atomic E-state index is 0.470. The molecule has 1 aliphatic carbocycles. The van der Waals surface area contributed by atoms with Crippen molar-refractivity contribution in [3.63, 3.8) is 0 Å². The number of thioether (sulfide) groups is 1. The molecule has 0 aromatic carbocycles. The first-order valence-corrected chi connectivity index (χ1v) is 8.55. The lowest BCUT2D eigenvalue weighted by Crippen LogP contribution is -2.39. The Hall–Kier alpha value is 0.320. The van der Waals surface area contributed by atoms with Gasteiger partial charge in [0.05, 0.1) is 6.54 Å². The second-order valence-corrected chi connectivity index (χ2v) is 7.09. The fraction of sp³-hybridized carbons (Fsp3) is 0.692. The summed E-state index contributed by atoms with van der Waals surface area (Å²) < 4.78 is 7.00. The molecule has 0 atom stereocenters. The predicted octanol–water partition coefficient (Wildman–Crippen LogP) is 4.04. The molecule has 0 aliphatic heterocycles. The van der Waals surface area contributed by atoms with Crippen molar-refractivity contribution in [2.75, 3.05) is 12.8 Å². The molecule has 0 bridgehead atoms. The Morgan fingerprint density at radius 2 is 2.12 bits per heavy atom. The maximum absolute atomic E-state index is 5.56. The van der Waals surface area contributed by atoms with E-state index < -0.39 is 0 Å². The Morgan fingerprint density at radius 3 is 2.71 bits per heavy atom. The van der Waals surface area contributed by atoms with Gasteiger partial charge in [-0.1, -0.05) is 19.3 Å². The average molecular weight is 365 g/mol. The SMILES string of the molecule is CSC1(CNCc2ccc(I)o2)CCCCC1. The summed E-state index contributed by atoms with van der Waals surface area (Å²) in [5.74, 6) is 1.04. The predicted molar refractivity (Wildman–Crippen MR) is 82.5 cm³/mol. The van der Waals surface area contributed by atoms with Crippen LogP contribution < -0.4 is 5.32 Å². The van der Waals surface area contributed by atoms with Crippen LogP contribution in [0.4, 0.5) is 0 Å². The maximum Gasteiger partial charge on any atom is 0.164 e. The van der Waals surface area contributed by atoms with E-state index in [2.05, 4.69) is 40.2 Å². The van der Waals surface area contributed by atoms with E-state index in [0.29, 0.717) is 4.75 Å². The van der Waals surface area contributed by atoms with Crippen LogP contribution in [0.2, 0.25) is 0 Å². The van der Waals surface area contributed by atoms with Crippen LogP contribution in [0.5, 0.6) is 0 Å². The molecule has 1 N–H and O–H groups in total. The van der Waals surface area contributed by atoms with Crippen molar-refractivity contribution in [1.29, 1.82) is 0 Å². The lowest BCUT2D eigenvalue weighted by atomic mass is 9.88. The van der Waals surface area contributed by atoms with E-state index >= 15 is 0 Å². The van der Waals surface area contributed by atoms with E-state index in [1.54, 1.807) is 0 Å². The monoisotopic (exact) mass is 365 g/mol. The number of nitrogens with one attached hydrogen (secondary N) is 1. The highest BCUT2D eigenvalue weighted by Crippen LogP contribution is 2.37. The molecule has 2 nitrogen and oxygen atoms in total. The van der Waals surface area contributed by atoms with Gasteiger partial charge in [0.1, 0.15) is 5.76 Å². The minimum absolute atomic E-state index is 0.470. The van der Waals surface area contributed by atoms with Crippen molar-refractivity contribution in [2.24, 2.45) is 0 Å². The molecular formula is C13H20INOS. The van der Waals surface area contributed by atoms with Gasteiger partial charge in [0.2, 0.25) is 0 Å². The van der Waals surface area contributed by atoms with Gasteiger partial charge in [-0.2, -0.15) is 11.8 Å². The van der Waals surface area contributed by atoms with Gasteiger partial charge in [-0.25, -0.2) is 0 Å². The van der Waals surface area contributed by atoms with E-state index in [-0.39, 0.29) is 0 Å². The Kier molecular flexibility index (Phi) is 5.24. The second-order valence-electron chi connectivity index (χ2n) is 4.76. The van der Waals surface area contributed by atoms with Crippen LogP contribution in [0, 0.1) is 3.77 Å². The Morgan fingerprint density at radius 1 is 1.35 bits per heavy atom. The highest BCUT2D eigenvalue weighted by molar-refractivity contribution is 14.1. The summed E-state index contributed by atoms with van der Waals surface area (Å²) in [5.41, 5.74) is 0. The molecule has 0 unspecified atom stereocenters. The van der Waals surface area contributed by atoms with E-state index in [1.807, 2.05) is 17.8 Å². The topological polar surface area (TPSA) is 25.2 Å². The van der Waals surface area contributed by atoms with Gasteiger partial charge >= 0.3 is 0 Å². The summed E-state index contributed by atoms with van der Waals surface area (Å²) in [6, 6.07) is 4.07. The fourth-order valence-corrected chi connectivity index (χ4v) is 3.92. The lowest BCUT2D eigenvalue weighted by molar-refractivity contribution is 0.370. The first-order valence-electron chi connectivity index (χ1n) is 6.24. The largest absolute Gasteiger partial charge is 0.454 e. The van der Waals surface area contributed by atoms with Crippen molar-refractivity contribution in [3.05, 3.63) is 21.7 Å². The highest BCUT2D eigenvalue weighted by atomic mass is 127. The third kappa shape index (κ3) is 3.89. The van der Waals surface area contributed by atoms with Gasteiger partial charge in [-0.3, -0.25) is 0 Å². The summed E-state index contributed by atoms with van der Waals surface area (Å²) in [5, 5.41) is 3.56. The summed E-state index contributed by atoms with van der Waals surface area (Å²) in [6.45, 7) is 1.96. The Bertz CT molecular complexity index is 347. The maximum atomic E-state index is 5.56. The Labute approximate surface area is 121 Å². The smallest absolute Gasteiger partial charge is 0.164 e. The van der Waals surface area contributed by atoms with Crippen LogP contribution in [-0.4, -0.2) is 17.5 Å². The highest BCUT2D eigenvalue weighted by Gasteiger charge is 2.30. The number of hydrogen-bond acceptors (Lipinski definition) is 3. The third-order valence-corrected chi connectivity index (χ3v) is 5.57. The van der Waals surface area contributed by atoms with Crippen LogP contribution in [0.15, 0.2) is 16.5 Å². The molecule has 96 valence electrons. The first-order chi connectivity index (χ1) is 8.24. The average Bonchev–Trinajstić information content (AvgIpc) is 2.76. The summed E-state index contributed by atoms with van der Waals surface area (Å²) in [7, 11) is 0. The zero-order chi connectivity index (χ0) is 12.1. The van der Waals surface area contributed by atoms with Gasteiger partial charge in [0, 0.05) is 11.3 Å². The lowest BCUT2D eigenvalue weighted by Gasteiger charge is -2.35. The van der Waals surface area contributed by atoms with E-state index in [4.69, 9.17) is 4.42 Å². The quantitative estimate of drug-likeness (QED) is 0.798. The van der Waals surface area contributed by atoms with Crippen LogP contribution in [0.25, 0.3) is 0 Å². The van der Waals surface area contributed by atoms with Crippen molar-refractivity contribution < 1.29 is 4.42 Å². The molecule has 1 aliphatic rings. The number of hydrogen-bond donors (Lipinski definition) is 1. The minimum Gasteiger partial charge on any atom is -0.454 e. The summed E-state index contributed by atoms with van der Waals surface area (Å²) in [6.07, 6.45) is 9.16. The van der Waals surface area contributed by atoms with Gasteiger partial charge in [-0.15, -0.1) is 0 Å². The fourth-order valence-electron chi connectivity index (χ4n) is 2.51. The molecule has 0 radical (unpaired) electrons. The van der Waals surface area contributed by atoms with Crippen molar-refractivity contribution >= 4 is 34.4 Å². The summed E-state index contributed by atoms with van der Waals surface area (Å²) in [4.78, 5) is 0. The van der Waals surface area contributed by atoms with E-state index in [9.17, 15) is 0 Å². The molecule has 1 aromatic rings. The normalized spacial score (nSPS) is 19.4. The van der Waals surface area contributed by atoms with E-state index in [0.717, 1.165) is 22.6 Å². The number of furan rings is 1. The van der Waals surface area contributed by atoms with Gasteiger partial charge < -0.3 is 9.73 Å². The molecule has 0 amide bonds. The molecular weight excluding hydrogens is 345 g/mol. The van der Waals surface area contributed by atoms with Crippen LogP contribution >= 0.6 is 34.4 Å². The van der Waals surface area contributed by atoms with Gasteiger partial charge in [0.25, 0.3) is 0 Å². The standard InChI is InChI=1S/C13H20INOS/c1-17-13(7-3-2-4-8-13)10-15-9-11-5-6-12(14)16-11/h5-6,15H,2-4,7-10H2,1H3. The number of rotatable bonds is 5. The third-order valence-electron chi connectivity index (χ3n) is 3.57. The zero-order valence-electron chi connectivity index (χ0n) is 10.3. The molecule has 0 spiro atoms. The van der Waals surface area contributed by atoms with Gasteiger partial charge in [-0.05, 0) is 53.8 Å². The van der Waals surface area contributed by atoms with E-state index in [1.165, 1.54) is 32.1 Å². The Balaban J connectivity index is 1.79. The molecule has 17 heavy (non-hydrogen) atoms. The van der Waals surface area contributed by atoms with Crippen LogP contribution in [0.3, 0.4) is 0 Å². The molecule has 1 saturated carbocycles. The molecule has 0 saturated heterocycles. The van der Waals surface area contributed by atoms with Crippen molar-refractivity contribution in [2.45, 2.75) is 43.4 Å². The molecule has 1 aromatic heterocycles. The molecule has 1 fully saturated rings. The molecule has 4 heteroatoms. The molecule has 2 rings (SSSR count). The van der Waals surface area contributed by atoms with Crippen molar-refractivity contribution in [1.82, 2.24) is 5.32 Å².